The van der Waals surface area contributed by atoms with Gasteiger partial charge in [-0.1, -0.05) is 29.3 Å². The quantitative estimate of drug-likeness (QED) is 0.661. The van der Waals surface area contributed by atoms with E-state index in [4.69, 9.17) is 11.6 Å². The predicted molar refractivity (Wildman–Crippen MR) is 89.1 cm³/mol. The Morgan fingerprint density at radius 1 is 1.18 bits per heavy atom. The molecule has 1 N–H and O–H groups in total. The molecule has 0 amide bonds. The van der Waals surface area contributed by atoms with Crippen molar-refractivity contribution in [2.75, 3.05) is 0 Å². The molecule has 116 valence electrons. The van der Waals surface area contributed by atoms with E-state index < -0.39 is 11.0 Å². The van der Waals surface area contributed by atoms with Gasteiger partial charge in [0.15, 0.2) is 11.0 Å². The summed E-state index contributed by atoms with van der Waals surface area (Å²) in [5.74, 6) is -0.353. The zero-order chi connectivity index (χ0) is 16.3. The average Bonchev–Trinajstić information content (AvgIpc) is 2.49. The Labute approximate surface area is 136 Å². The van der Waals surface area contributed by atoms with Crippen LogP contribution in [-0.2, 0) is 11.0 Å². The maximum atomic E-state index is 13.6. The molecular weight excluding hydrogens is 323 g/mol. The van der Waals surface area contributed by atoms with Crippen molar-refractivity contribution in [3.63, 3.8) is 0 Å². The number of hydrogen-bond donors (Lipinski definition) is 1. The number of benzene rings is 2. The lowest BCUT2D eigenvalue weighted by Gasteiger charge is -2.09. The number of aryl methyl sites for hydroxylation is 1. The number of nitrogens with one attached hydrogen (secondary N) is 1. The lowest BCUT2D eigenvalue weighted by Crippen LogP contribution is -2.14. The molecule has 0 aromatic heterocycles. The third-order valence-electron chi connectivity index (χ3n) is 3.24. The molecule has 6 heteroatoms. The predicted octanol–water partition coefficient (Wildman–Crippen LogP) is 4.13. The van der Waals surface area contributed by atoms with Crippen LogP contribution in [0.5, 0.6) is 0 Å². The molecule has 3 nitrogen and oxygen atoms in total. The van der Waals surface area contributed by atoms with E-state index in [1.54, 1.807) is 26.0 Å². The molecule has 1 unspecified atom stereocenters. The molecule has 0 heterocycles. The lowest BCUT2D eigenvalue weighted by molar-refractivity contribution is 0.618. The Bertz CT molecular complexity index is 745. The summed E-state index contributed by atoms with van der Waals surface area (Å²) in [5.41, 5.74) is 2.48. The monoisotopic (exact) mass is 338 g/mol. The Morgan fingerprint density at radius 2 is 1.82 bits per heavy atom. The molecular formula is C16H16ClFN2OS. The fourth-order valence-electron chi connectivity index (χ4n) is 1.98. The van der Waals surface area contributed by atoms with E-state index in [9.17, 15) is 8.60 Å². The molecule has 0 saturated heterocycles. The van der Waals surface area contributed by atoms with Crippen molar-refractivity contribution >= 4 is 28.3 Å². The zero-order valence-electron chi connectivity index (χ0n) is 12.5. The van der Waals surface area contributed by atoms with Gasteiger partial charge in [-0.15, -0.1) is 0 Å². The topological polar surface area (TPSA) is 41.5 Å². The van der Waals surface area contributed by atoms with Crippen LogP contribution >= 0.6 is 11.6 Å². The summed E-state index contributed by atoms with van der Waals surface area (Å²) in [6.07, 6.45) is 0. The van der Waals surface area contributed by atoms with Crippen LogP contribution in [0.15, 0.2) is 46.4 Å². The Balaban J connectivity index is 2.22. The fraction of sp³-hybridized carbons (Fsp3) is 0.188. The second-order valence-electron chi connectivity index (χ2n) is 4.90. The Kier molecular flexibility index (Phi) is 5.32. The summed E-state index contributed by atoms with van der Waals surface area (Å²) < 4.78 is 25.7. The molecule has 0 saturated carbocycles. The van der Waals surface area contributed by atoms with E-state index in [2.05, 4.69) is 9.93 Å². The number of hydrazone groups is 1. The maximum Gasteiger partial charge on any atom is 0.166 e. The van der Waals surface area contributed by atoms with Crippen molar-refractivity contribution in [3.8, 4) is 0 Å². The minimum absolute atomic E-state index is 0.353. The van der Waals surface area contributed by atoms with Crippen molar-refractivity contribution < 1.29 is 8.60 Å². The molecule has 0 aliphatic heterocycles. The first-order chi connectivity index (χ1) is 10.4. The van der Waals surface area contributed by atoms with E-state index in [-0.39, 0.29) is 5.82 Å². The van der Waals surface area contributed by atoms with Crippen molar-refractivity contribution in [1.29, 1.82) is 0 Å². The van der Waals surface area contributed by atoms with Gasteiger partial charge >= 0.3 is 0 Å². The molecule has 1 atom stereocenters. The average molecular weight is 339 g/mol. The maximum absolute atomic E-state index is 13.6. The summed E-state index contributed by atoms with van der Waals surface area (Å²) in [6, 6.07) is 10.1. The molecule has 0 aliphatic rings. The summed E-state index contributed by atoms with van der Waals surface area (Å²) in [7, 11) is -1.48. The van der Waals surface area contributed by atoms with Crippen molar-refractivity contribution in [1.82, 2.24) is 4.83 Å². The molecule has 0 radical (unpaired) electrons. The molecule has 0 spiro atoms. The van der Waals surface area contributed by atoms with E-state index in [0.717, 1.165) is 5.56 Å². The molecule has 0 fully saturated rings. The zero-order valence-corrected chi connectivity index (χ0v) is 14.1. The first-order valence-electron chi connectivity index (χ1n) is 6.63. The van der Waals surface area contributed by atoms with Crippen LogP contribution < -0.4 is 4.83 Å². The number of hydrogen-bond acceptors (Lipinski definition) is 2. The molecule has 0 aliphatic carbocycles. The van der Waals surface area contributed by atoms with Gasteiger partial charge in [0.25, 0.3) is 0 Å². The highest BCUT2D eigenvalue weighted by atomic mass is 35.5. The molecule has 22 heavy (non-hydrogen) atoms. The molecule has 0 bridgehead atoms. The Morgan fingerprint density at radius 3 is 2.45 bits per heavy atom. The standard InChI is InChI=1S/C16H16ClFN2OS/c1-10-4-6-13(7-5-10)22(21)20-19-12(3)16-11(2)15(18)9-8-14(16)17/h4-9,20H,1-3H3/b19-12+. The van der Waals surface area contributed by atoms with E-state index in [1.165, 1.54) is 12.1 Å². The second-order valence-corrected chi connectivity index (χ2v) is 6.50. The molecule has 2 aromatic rings. The smallest absolute Gasteiger partial charge is 0.166 e. The fourth-order valence-corrected chi connectivity index (χ4v) is 3.03. The van der Waals surface area contributed by atoms with Gasteiger partial charge in [0, 0.05) is 5.56 Å². The van der Waals surface area contributed by atoms with Crippen LogP contribution in [0.2, 0.25) is 5.02 Å². The first kappa shape index (κ1) is 16.6. The molecule has 2 rings (SSSR count). The van der Waals surface area contributed by atoms with E-state index in [0.29, 0.717) is 26.8 Å². The highest BCUT2D eigenvalue weighted by molar-refractivity contribution is 7.83. The summed E-state index contributed by atoms with van der Waals surface area (Å²) in [4.78, 5) is 3.18. The normalized spacial score (nSPS) is 13.0. The third kappa shape index (κ3) is 3.72. The van der Waals surface area contributed by atoms with Gasteiger partial charge in [-0.25, -0.2) is 13.4 Å². The van der Waals surface area contributed by atoms with Crippen LogP contribution in [-0.4, -0.2) is 9.92 Å². The van der Waals surface area contributed by atoms with Crippen molar-refractivity contribution in [2.45, 2.75) is 25.7 Å². The second kappa shape index (κ2) is 7.03. The molecule has 2 aromatic carbocycles. The summed E-state index contributed by atoms with van der Waals surface area (Å²) in [5, 5.41) is 4.48. The van der Waals surface area contributed by atoms with Gasteiger partial charge in [-0.3, -0.25) is 0 Å². The van der Waals surface area contributed by atoms with Crippen molar-refractivity contribution in [3.05, 3.63) is 63.9 Å². The van der Waals surface area contributed by atoms with Gasteiger partial charge in [-0.2, -0.15) is 5.10 Å². The highest BCUT2D eigenvalue weighted by Crippen LogP contribution is 2.23. The summed E-state index contributed by atoms with van der Waals surface area (Å²) >= 11 is 6.09. The van der Waals surface area contributed by atoms with Gasteiger partial charge in [-0.05, 0) is 50.6 Å². The largest absolute Gasteiger partial charge is 0.230 e. The van der Waals surface area contributed by atoms with E-state index in [1.807, 2.05) is 19.1 Å². The van der Waals surface area contributed by atoms with Gasteiger partial charge < -0.3 is 0 Å². The number of nitrogens with zero attached hydrogens (tertiary/aromatic N) is 1. The van der Waals surface area contributed by atoms with Gasteiger partial charge in [0.05, 0.1) is 15.6 Å². The van der Waals surface area contributed by atoms with Crippen LogP contribution in [0, 0.1) is 19.7 Å². The van der Waals surface area contributed by atoms with Crippen LogP contribution in [0.1, 0.15) is 23.6 Å². The number of rotatable bonds is 4. The Hall–Kier alpha value is -1.72. The van der Waals surface area contributed by atoms with Crippen LogP contribution in [0.25, 0.3) is 0 Å². The lowest BCUT2D eigenvalue weighted by atomic mass is 10.0. The van der Waals surface area contributed by atoms with Gasteiger partial charge in [0.2, 0.25) is 0 Å². The third-order valence-corrected chi connectivity index (χ3v) is 4.51. The first-order valence-corrected chi connectivity index (χ1v) is 8.16. The van der Waals surface area contributed by atoms with Gasteiger partial charge in [0.1, 0.15) is 5.82 Å². The number of halogens is 2. The van der Waals surface area contributed by atoms with Crippen molar-refractivity contribution in [2.24, 2.45) is 5.10 Å². The minimum atomic E-state index is -1.48. The highest BCUT2D eigenvalue weighted by Gasteiger charge is 2.12. The minimum Gasteiger partial charge on any atom is -0.230 e. The van der Waals surface area contributed by atoms with E-state index >= 15 is 0 Å². The summed E-state index contributed by atoms with van der Waals surface area (Å²) in [6.45, 7) is 5.27. The SMILES string of the molecule is C/C(=N\NS(=O)c1ccc(C)cc1)c1c(Cl)ccc(F)c1C. The van der Waals surface area contributed by atoms with Crippen LogP contribution in [0.3, 0.4) is 0 Å². The van der Waals surface area contributed by atoms with Crippen LogP contribution in [0.4, 0.5) is 4.39 Å².